The predicted octanol–water partition coefficient (Wildman–Crippen LogP) is -1.15. The van der Waals surface area contributed by atoms with Crippen molar-refractivity contribution >= 4 is 55.1 Å². The average molecular weight is 437 g/mol. The molecule has 10 nitrogen and oxygen atoms in total. The van der Waals surface area contributed by atoms with Gasteiger partial charge >= 0.3 is 23.1 Å². The van der Waals surface area contributed by atoms with E-state index in [1.165, 1.54) is 0 Å². The van der Waals surface area contributed by atoms with Crippen LogP contribution in [0.5, 0.6) is 0 Å². The number of carbonyl (C=O) groups excluding carboxylic acids is 2. The van der Waals surface area contributed by atoms with Crippen molar-refractivity contribution in [3.05, 3.63) is 24.3 Å². The summed E-state index contributed by atoms with van der Waals surface area (Å²) in [5, 5.41) is 4.83. The largest absolute Gasteiger partial charge is 2.00 e. The van der Waals surface area contributed by atoms with Gasteiger partial charge in [-0.15, -0.1) is 0 Å². The van der Waals surface area contributed by atoms with Gasteiger partial charge in [0.25, 0.3) is 0 Å². The number of rotatable bonds is 10. The molecule has 0 saturated carbocycles. The molecule has 0 saturated heterocycles. The van der Waals surface area contributed by atoms with Crippen LogP contribution in [0, 0.1) is 0 Å². The van der Waals surface area contributed by atoms with Crippen LogP contribution in [0.15, 0.2) is 24.3 Å². The standard InChI is InChI=1S/2C7H13NO4S.Mg/c2*1-6(2)7(9)8-4-3-5-13(10,11)12;/h2*1,3-5H2,2H3,(H,8,9)(H,10,11,12);/q;;+2/p-2. The maximum Gasteiger partial charge on any atom is 2.00 e. The first-order valence-corrected chi connectivity index (χ1v) is 10.6. The van der Waals surface area contributed by atoms with Crippen molar-refractivity contribution in [2.75, 3.05) is 24.6 Å². The Bertz CT molecular complexity index is 655. The third kappa shape index (κ3) is 25.0. The molecule has 2 amide bonds. The Morgan fingerprint density at radius 1 is 0.778 bits per heavy atom. The second kappa shape index (κ2) is 15.0. The summed E-state index contributed by atoms with van der Waals surface area (Å²) >= 11 is 0. The fraction of sp³-hybridized carbons (Fsp3) is 0.571. The Balaban J connectivity index is -0.000000411. The van der Waals surface area contributed by atoms with Gasteiger partial charge < -0.3 is 19.7 Å². The van der Waals surface area contributed by atoms with Crippen molar-refractivity contribution in [1.82, 2.24) is 10.6 Å². The predicted molar refractivity (Wildman–Crippen MR) is 99.8 cm³/mol. The molecule has 0 aliphatic carbocycles. The van der Waals surface area contributed by atoms with Crippen LogP contribution in [-0.2, 0) is 29.8 Å². The van der Waals surface area contributed by atoms with Crippen molar-refractivity contribution in [3.63, 3.8) is 0 Å². The molecule has 0 bridgehead atoms. The SMILES string of the molecule is C=C(C)C(=O)NCCCS(=O)(=O)[O-].C=C(C)C(=O)NCCCS(=O)(=O)[O-].[Mg+2]. The van der Waals surface area contributed by atoms with Crippen LogP contribution in [0.3, 0.4) is 0 Å². The fourth-order valence-corrected chi connectivity index (χ4v) is 2.20. The zero-order valence-corrected chi connectivity index (χ0v) is 18.5. The minimum Gasteiger partial charge on any atom is -0.748 e. The first kappa shape index (κ1) is 30.7. The van der Waals surface area contributed by atoms with E-state index in [-0.39, 0.29) is 60.8 Å². The maximum absolute atomic E-state index is 10.8. The van der Waals surface area contributed by atoms with Gasteiger partial charge in [-0.3, -0.25) is 9.59 Å². The Labute approximate surface area is 176 Å². The van der Waals surface area contributed by atoms with E-state index in [9.17, 15) is 35.5 Å². The Kier molecular flexibility index (Phi) is 17.1. The molecule has 0 unspecified atom stereocenters. The van der Waals surface area contributed by atoms with E-state index in [2.05, 4.69) is 23.8 Å². The van der Waals surface area contributed by atoms with E-state index in [0.29, 0.717) is 11.1 Å². The molecule has 0 rings (SSSR count). The van der Waals surface area contributed by atoms with Gasteiger partial charge in [-0.1, -0.05) is 13.2 Å². The average Bonchev–Trinajstić information content (AvgIpc) is 2.46. The monoisotopic (exact) mass is 436 g/mol. The topological polar surface area (TPSA) is 173 Å². The van der Waals surface area contributed by atoms with Crippen LogP contribution in [0.1, 0.15) is 26.7 Å². The van der Waals surface area contributed by atoms with E-state index in [4.69, 9.17) is 0 Å². The molecule has 13 heteroatoms. The van der Waals surface area contributed by atoms with Gasteiger partial charge in [-0.2, -0.15) is 0 Å². The molecule has 0 atom stereocenters. The molecule has 0 fully saturated rings. The minimum absolute atomic E-state index is 0. The van der Waals surface area contributed by atoms with Crippen molar-refractivity contribution < 1.29 is 35.5 Å². The van der Waals surface area contributed by atoms with E-state index in [0.717, 1.165) is 0 Å². The number of amides is 2. The van der Waals surface area contributed by atoms with Crippen LogP contribution in [-0.4, -0.2) is 85.4 Å². The summed E-state index contributed by atoms with van der Waals surface area (Å²) in [6, 6.07) is 0. The zero-order valence-electron chi connectivity index (χ0n) is 15.4. The summed E-state index contributed by atoms with van der Waals surface area (Å²) in [5.41, 5.74) is 0.704. The van der Waals surface area contributed by atoms with Gasteiger partial charge in [0.15, 0.2) is 0 Å². The molecule has 0 aromatic rings. The molecular weight excluding hydrogens is 413 g/mol. The first-order valence-electron chi connectivity index (χ1n) is 7.40. The Morgan fingerprint density at radius 2 is 1.04 bits per heavy atom. The molecule has 0 spiro atoms. The van der Waals surface area contributed by atoms with Crippen LogP contribution in [0.2, 0.25) is 0 Å². The van der Waals surface area contributed by atoms with Gasteiger partial charge in [0.1, 0.15) is 0 Å². The third-order valence-electron chi connectivity index (χ3n) is 2.49. The number of nitrogens with one attached hydrogen (secondary N) is 2. The molecule has 27 heavy (non-hydrogen) atoms. The summed E-state index contributed by atoms with van der Waals surface area (Å²) in [6.45, 7) is 10.2. The second-order valence-electron chi connectivity index (χ2n) is 5.30. The Morgan fingerprint density at radius 3 is 1.22 bits per heavy atom. The first-order chi connectivity index (χ1) is 11.7. The third-order valence-corrected chi connectivity index (χ3v) is 4.07. The van der Waals surface area contributed by atoms with Gasteiger partial charge in [0.2, 0.25) is 11.8 Å². The molecule has 152 valence electrons. The normalized spacial score (nSPS) is 10.5. The quantitative estimate of drug-likeness (QED) is 0.187. The minimum atomic E-state index is -4.17. The molecule has 0 aromatic carbocycles. The molecule has 0 heterocycles. The molecule has 0 radical (unpaired) electrons. The second-order valence-corrected chi connectivity index (χ2v) is 8.35. The van der Waals surface area contributed by atoms with Gasteiger partial charge in [-0.25, -0.2) is 16.8 Å². The molecule has 0 aromatic heterocycles. The van der Waals surface area contributed by atoms with Crippen LogP contribution in [0.4, 0.5) is 0 Å². The summed E-state index contributed by atoms with van der Waals surface area (Å²) in [5.74, 6) is -1.57. The van der Waals surface area contributed by atoms with Crippen molar-refractivity contribution in [2.24, 2.45) is 0 Å². The fourth-order valence-electron chi connectivity index (χ4n) is 1.20. The van der Waals surface area contributed by atoms with Crippen molar-refractivity contribution in [3.8, 4) is 0 Å². The van der Waals surface area contributed by atoms with Gasteiger partial charge in [0.05, 0.1) is 20.2 Å². The summed E-state index contributed by atoms with van der Waals surface area (Å²) in [4.78, 5) is 21.7. The van der Waals surface area contributed by atoms with E-state index < -0.39 is 31.7 Å². The summed E-state index contributed by atoms with van der Waals surface area (Å²) in [7, 11) is -8.33. The summed E-state index contributed by atoms with van der Waals surface area (Å²) < 4.78 is 60.7. The van der Waals surface area contributed by atoms with Crippen molar-refractivity contribution in [1.29, 1.82) is 0 Å². The van der Waals surface area contributed by atoms with Gasteiger partial charge in [-0.05, 0) is 26.7 Å². The smallest absolute Gasteiger partial charge is 0.748 e. The molecule has 0 aliphatic heterocycles. The molecular formula is C14H24MgN2O8S2. The number of hydrogen-bond acceptors (Lipinski definition) is 8. The summed E-state index contributed by atoms with van der Waals surface area (Å²) in [6.07, 6.45) is 0.260. The molecule has 2 N–H and O–H groups in total. The maximum atomic E-state index is 10.8. The number of hydrogen-bond donors (Lipinski definition) is 2. The van der Waals surface area contributed by atoms with Crippen molar-refractivity contribution in [2.45, 2.75) is 26.7 Å². The van der Waals surface area contributed by atoms with E-state index in [1.807, 2.05) is 0 Å². The molecule has 0 aliphatic rings. The zero-order chi connectivity index (χ0) is 21.0. The van der Waals surface area contributed by atoms with Gasteiger partial charge in [0, 0.05) is 35.7 Å². The Hall–Kier alpha value is -0.994. The van der Waals surface area contributed by atoms with Crippen LogP contribution in [0.25, 0.3) is 0 Å². The van der Waals surface area contributed by atoms with E-state index >= 15 is 0 Å². The number of carbonyl (C=O) groups is 2. The van der Waals surface area contributed by atoms with Crippen LogP contribution < -0.4 is 10.6 Å². The van der Waals surface area contributed by atoms with E-state index in [1.54, 1.807) is 13.8 Å². The van der Waals surface area contributed by atoms with Crippen LogP contribution >= 0.6 is 0 Å².